The van der Waals surface area contributed by atoms with Crippen LogP contribution in [0.1, 0.15) is 47.5 Å². The second-order valence-corrected chi connectivity index (χ2v) is 9.43. The minimum absolute atomic E-state index is 0.0863. The molecule has 4 nitrogen and oxygen atoms in total. The standard InChI is InChI=1S/C20H26O4/c1-10-8-20(24)12(14(10)21)9-18(4)7-6-11-13(17(11,2)3)15(18)19(5,23)16(20)22/h8-9,11,13,15,23-24H,6-7H2,1-5H3. The van der Waals surface area contributed by atoms with Gasteiger partial charge >= 0.3 is 0 Å². The largest absolute Gasteiger partial charge is 0.382 e. The van der Waals surface area contributed by atoms with Crippen molar-refractivity contribution in [3.63, 3.8) is 0 Å². The van der Waals surface area contributed by atoms with E-state index in [2.05, 4.69) is 13.8 Å². The molecule has 130 valence electrons. The van der Waals surface area contributed by atoms with E-state index in [0.717, 1.165) is 12.8 Å². The van der Waals surface area contributed by atoms with Crippen molar-refractivity contribution in [2.45, 2.75) is 58.7 Å². The van der Waals surface area contributed by atoms with E-state index in [4.69, 9.17) is 0 Å². The molecule has 6 unspecified atom stereocenters. The number of carbonyl (C=O) groups excluding carboxylic acids is 2. The Morgan fingerprint density at radius 3 is 2.33 bits per heavy atom. The predicted octanol–water partition coefficient (Wildman–Crippen LogP) is 2.20. The number of aliphatic hydroxyl groups is 2. The molecule has 0 aliphatic heterocycles. The lowest BCUT2D eigenvalue weighted by Crippen LogP contribution is -2.57. The van der Waals surface area contributed by atoms with Gasteiger partial charge in [0.2, 0.25) is 5.78 Å². The lowest BCUT2D eigenvalue weighted by Gasteiger charge is -2.45. The third-order valence-electron chi connectivity index (χ3n) is 7.53. The van der Waals surface area contributed by atoms with Gasteiger partial charge in [0.1, 0.15) is 5.60 Å². The molecule has 0 bridgehead atoms. The second-order valence-electron chi connectivity index (χ2n) is 9.43. The van der Waals surface area contributed by atoms with Crippen molar-refractivity contribution in [3.8, 4) is 0 Å². The van der Waals surface area contributed by atoms with Crippen LogP contribution in [-0.4, -0.2) is 33.0 Å². The van der Waals surface area contributed by atoms with Crippen LogP contribution < -0.4 is 0 Å². The molecule has 0 saturated heterocycles. The van der Waals surface area contributed by atoms with Crippen molar-refractivity contribution >= 4 is 11.6 Å². The maximum absolute atomic E-state index is 13.2. The minimum Gasteiger partial charge on any atom is -0.382 e. The topological polar surface area (TPSA) is 74.6 Å². The van der Waals surface area contributed by atoms with Crippen molar-refractivity contribution in [1.29, 1.82) is 0 Å². The first-order valence-electron chi connectivity index (χ1n) is 8.84. The maximum Gasteiger partial charge on any atom is 0.204 e. The van der Waals surface area contributed by atoms with Crippen LogP contribution >= 0.6 is 0 Å². The molecule has 0 aromatic heterocycles. The minimum atomic E-state index is -1.99. The normalized spacial score (nSPS) is 51.9. The van der Waals surface area contributed by atoms with Gasteiger partial charge in [-0.25, -0.2) is 0 Å². The van der Waals surface area contributed by atoms with E-state index in [9.17, 15) is 19.8 Å². The molecular formula is C20H26O4. The van der Waals surface area contributed by atoms with Gasteiger partial charge in [-0.1, -0.05) is 26.8 Å². The fraction of sp³-hybridized carbons (Fsp3) is 0.700. The van der Waals surface area contributed by atoms with Crippen LogP contribution in [0, 0.1) is 28.6 Å². The summed E-state index contributed by atoms with van der Waals surface area (Å²) in [7, 11) is 0. The lowest BCUT2D eigenvalue weighted by molar-refractivity contribution is -0.160. The molecule has 0 radical (unpaired) electrons. The van der Waals surface area contributed by atoms with Crippen molar-refractivity contribution < 1.29 is 19.8 Å². The third kappa shape index (κ3) is 1.62. The monoisotopic (exact) mass is 330 g/mol. The van der Waals surface area contributed by atoms with Gasteiger partial charge in [0.05, 0.1) is 0 Å². The van der Waals surface area contributed by atoms with E-state index in [1.807, 2.05) is 13.0 Å². The van der Waals surface area contributed by atoms with Crippen LogP contribution in [0.25, 0.3) is 0 Å². The van der Waals surface area contributed by atoms with E-state index in [-0.39, 0.29) is 28.6 Å². The van der Waals surface area contributed by atoms with Crippen LogP contribution in [-0.2, 0) is 9.59 Å². The Bertz CT molecular complexity index is 741. The molecule has 24 heavy (non-hydrogen) atoms. The molecule has 4 aliphatic rings. The summed E-state index contributed by atoms with van der Waals surface area (Å²) < 4.78 is 0. The van der Waals surface area contributed by atoms with E-state index < -0.39 is 22.4 Å². The zero-order valence-electron chi connectivity index (χ0n) is 15.0. The number of hydrogen-bond acceptors (Lipinski definition) is 4. The van der Waals surface area contributed by atoms with Crippen molar-refractivity contribution in [1.82, 2.24) is 0 Å². The lowest BCUT2D eigenvalue weighted by atomic mass is 9.60. The van der Waals surface area contributed by atoms with Gasteiger partial charge in [-0.05, 0) is 61.0 Å². The highest BCUT2D eigenvalue weighted by Crippen LogP contribution is 2.73. The first-order valence-corrected chi connectivity index (χ1v) is 8.84. The number of rotatable bonds is 0. The SMILES string of the molecule is CC1=CC2(O)C(=O)C(C)(O)C3C4C(CCC3(C)C=C2C1=O)C4(C)C. The molecule has 0 spiro atoms. The molecular weight excluding hydrogens is 304 g/mol. The number of hydrogen-bond donors (Lipinski definition) is 2. The molecule has 4 heteroatoms. The molecule has 4 rings (SSSR count). The fourth-order valence-electron chi connectivity index (χ4n) is 6.25. The number of fused-ring (bicyclic) bond motifs is 4. The zero-order valence-corrected chi connectivity index (χ0v) is 15.0. The Hall–Kier alpha value is -1.26. The average molecular weight is 330 g/mol. The average Bonchev–Trinajstić information content (AvgIpc) is 2.95. The Morgan fingerprint density at radius 1 is 1.08 bits per heavy atom. The Balaban J connectivity index is 1.95. The molecule has 6 atom stereocenters. The highest BCUT2D eigenvalue weighted by molar-refractivity contribution is 6.20. The van der Waals surface area contributed by atoms with Crippen LogP contribution in [0.3, 0.4) is 0 Å². The fourth-order valence-corrected chi connectivity index (χ4v) is 6.25. The molecule has 2 saturated carbocycles. The molecule has 0 aromatic rings. The van der Waals surface area contributed by atoms with Gasteiger partial charge in [-0.3, -0.25) is 9.59 Å². The van der Waals surface area contributed by atoms with E-state index in [1.54, 1.807) is 6.92 Å². The van der Waals surface area contributed by atoms with Crippen molar-refractivity contribution in [3.05, 3.63) is 23.3 Å². The molecule has 0 aromatic carbocycles. The maximum atomic E-state index is 13.2. The first-order chi connectivity index (χ1) is 10.9. The number of allylic oxidation sites excluding steroid dienone is 2. The third-order valence-corrected chi connectivity index (χ3v) is 7.53. The summed E-state index contributed by atoms with van der Waals surface area (Å²) in [5.41, 5.74) is -3.52. The van der Waals surface area contributed by atoms with Gasteiger partial charge < -0.3 is 10.2 Å². The van der Waals surface area contributed by atoms with E-state index in [1.165, 1.54) is 13.0 Å². The van der Waals surface area contributed by atoms with E-state index in [0.29, 0.717) is 11.5 Å². The highest BCUT2D eigenvalue weighted by atomic mass is 16.3. The molecule has 4 aliphatic carbocycles. The van der Waals surface area contributed by atoms with Gasteiger partial charge in [0, 0.05) is 11.5 Å². The summed E-state index contributed by atoms with van der Waals surface area (Å²) >= 11 is 0. The van der Waals surface area contributed by atoms with Crippen LogP contribution in [0.4, 0.5) is 0 Å². The van der Waals surface area contributed by atoms with Gasteiger partial charge in [-0.15, -0.1) is 0 Å². The molecule has 2 fully saturated rings. The zero-order chi connectivity index (χ0) is 17.9. The summed E-state index contributed by atoms with van der Waals surface area (Å²) in [5, 5.41) is 22.4. The number of Topliss-reactive ketones (excluding diaryl/α,β-unsaturated/α-hetero) is 2. The van der Waals surface area contributed by atoms with Crippen LogP contribution in [0.5, 0.6) is 0 Å². The molecule has 0 amide bonds. The van der Waals surface area contributed by atoms with Gasteiger partial charge in [0.25, 0.3) is 0 Å². The van der Waals surface area contributed by atoms with Crippen LogP contribution in [0.15, 0.2) is 23.3 Å². The Labute approximate surface area is 142 Å². The predicted molar refractivity (Wildman–Crippen MR) is 89.0 cm³/mol. The summed E-state index contributed by atoms with van der Waals surface area (Å²) in [4.78, 5) is 25.8. The van der Waals surface area contributed by atoms with E-state index >= 15 is 0 Å². The number of carbonyl (C=O) groups is 2. The molecule has 0 heterocycles. The second kappa shape index (κ2) is 4.10. The van der Waals surface area contributed by atoms with Gasteiger partial charge in [-0.2, -0.15) is 0 Å². The summed E-state index contributed by atoms with van der Waals surface area (Å²) in [6.07, 6.45) is 4.99. The quantitative estimate of drug-likeness (QED) is 0.714. The van der Waals surface area contributed by atoms with Crippen molar-refractivity contribution in [2.24, 2.45) is 28.6 Å². The summed E-state index contributed by atoms with van der Waals surface area (Å²) in [6, 6.07) is 0. The Morgan fingerprint density at radius 2 is 1.71 bits per heavy atom. The van der Waals surface area contributed by atoms with Crippen LogP contribution in [0.2, 0.25) is 0 Å². The van der Waals surface area contributed by atoms with Crippen molar-refractivity contribution in [2.75, 3.05) is 0 Å². The smallest absolute Gasteiger partial charge is 0.204 e. The summed E-state index contributed by atoms with van der Waals surface area (Å²) in [5.74, 6) is -0.484. The van der Waals surface area contributed by atoms with Gasteiger partial charge in [0.15, 0.2) is 11.4 Å². The molecule has 2 N–H and O–H groups in total. The first kappa shape index (κ1) is 16.2. The highest BCUT2D eigenvalue weighted by Gasteiger charge is 2.73. The summed E-state index contributed by atoms with van der Waals surface area (Å²) in [6.45, 7) is 9.56. The number of ketones is 2. The Kier molecular flexibility index (Phi) is 2.77.